The number of rotatable bonds is 1. The minimum Gasteiger partial charge on any atom is -0.397 e. The van der Waals surface area contributed by atoms with Crippen LogP contribution in [0.5, 0.6) is 0 Å². The van der Waals surface area contributed by atoms with Crippen molar-refractivity contribution in [3.8, 4) is 11.1 Å². The maximum Gasteiger partial charge on any atom is 0.159 e. The summed E-state index contributed by atoms with van der Waals surface area (Å²) < 4.78 is 25.8. The third-order valence-electron chi connectivity index (χ3n) is 2.17. The Morgan fingerprint density at radius 3 is 2.56 bits per heavy atom. The van der Waals surface area contributed by atoms with E-state index >= 15 is 0 Å². The molecule has 2 rings (SSSR count). The summed E-state index contributed by atoms with van der Waals surface area (Å²) in [6.07, 6.45) is 2.84. The van der Waals surface area contributed by atoms with E-state index in [2.05, 4.69) is 4.98 Å². The number of nitrogen functional groups attached to an aromatic ring is 1. The van der Waals surface area contributed by atoms with E-state index in [0.717, 1.165) is 12.1 Å². The minimum atomic E-state index is -0.933. The molecule has 1 aromatic carbocycles. The third kappa shape index (κ3) is 1.84. The minimum absolute atomic E-state index is 0.280. The number of anilines is 1. The Hall–Kier alpha value is -1.68. The molecule has 0 aliphatic carbocycles. The zero-order valence-corrected chi connectivity index (χ0v) is 8.80. The van der Waals surface area contributed by atoms with E-state index < -0.39 is 11.6 Å². The highest BCUT2D eigenvalue weighted by atomic mass is 35.5. The number of hydrogen-bond acceptors (Lipinski definition) is 2. The number of hydrogen-bond donors (Lipinski definition) is 1. The van der Waals surface area contributed by atoms with E-state index in [1.54, 1.807) is 0 Å². The Bertz CT molecular complexity index is 544. The van der Waals surface area contributed by atoms with Gasteiger partial charge in [0.2, 0.25) is 0 Å². The van der Waals surface area contributed by atoms with E-state index in [1.807, 2.05) is 0 Å². The molecule has 0 atom stereocenters. The highest BCUT2D eigenvalue weighted by molar-refractivity contribution is 6.33. The van der Waals surface area contributed by atoms with Crippen molar-refractivity contribution in [3.05, 3.63) is 47.2 Å². The molecule has 0 saturated carbocycles. The molecular weight excluding hydrogens is 234 g/mol. The Morgan fingerprint density at radius 1 is 1.12 bits per heavy atom. The second-order valence-electron chi connectivity index (χ2n) is 3.21. The predicted octanol–water partition coefficient (Wildman–Crippen LogP) is 3.26. The smallest absolute Gasteiger partial charge is 0.159 e. The van der Waals surface area contributed by atoms with Crippen molar-refractivity contribution in [1.82, 2.24) is 4.98 Å². The van der Waals surface area contributed by atoms with E-state index in [-0.39, 0.29) is 5.02 Å². The van der Waals surface area contributed by atoms with Gasteiger partial charge in [-0.15, -0.1) is 0 Å². The summed E-state index contributed by atoms with van der Waals surface area (Å²) in [7, 11) is 0. The fourth-order valence-electron chi connectivity index (χ4n) is 1.34. The van der Waals surface area contributed by atoms with Crippen LogP contribution in [0.1, 0.15) is 0 Å². The first-order valence-electron chi connectivity index (χ1n) is 4.44. The van der Waals surface area contributed by atoms with Gasteiger partial charge in [-0.05, 0) is 17.7 Å². The molecule has 0 unspecified atom stereocenters. The van der Waals surface area contributed by atoms with Crippen molar-refractivity contribution in [2.24, 2.45) is 0 Å². The summed E-state index contributed by atoms with van der Waals surface area (Å²) in [4.78, 5) is 3.85. The summed E-state index contributed by atoms with van der Waals surface area (Å²) in [5.41, 5.74) is 6.92. The van der Waals surface area contributed by atoms with Gasteiger partial charge in [0.05, 0.1) is 10.7 Å². The zero-order chi connectivity index (χ0) is 11.7. The van der Waals surface area contributed by atoms with Gasteiger partial charge >= 0.3 is 0 Å². The first kappa shape index (κ1) is 10.8. The van der Waals surface area contributed by atoms with E-state index in [0.29, 0.717) is 16.8 Å². The van der Waals surface area contributed by atoms with Crippen LogP contribution in [-0.4, -0.2) is 4.98 Å². The zero-order valence-electron chi connectivity index (χ0n) is 8.05. The largest absolute Gasteiger partial charge is 0.397 e. The Kier molecular flexibility index (Phi) is 2.75. The Labute approximate surface area is 95.7 Å². The molecule has 0 radical (unpaired) electrons. The number of nitrogens with two attached hydrogens (primary N) is 1. The fourth-order valence-corrected chi connectivity index (χ4v) is 1.50. The molecule has 1 heterocycles. The lowest BCUT2D eigenvalue weighted by Gasteiger charge is -2.06. The second-order valence-corrected chi connectivity index (χ2v) is 3.62. The standard InChI is InChI=1S/C11H7ClF2N2/c12-8-5-16-4-7(11(8)15)6-1-2-9(13)10(14)3-6/h1-5H,(H2,15,16). The molecular formula is C11H7ClF2N2. The number of halogens is 3. The Balaban J connectivity index is 2.59. The van der Waals surface area contributed by atoms with E-state index in [4.69, 9.17) is 17.3 Å². The van der Waals surface area contributed by atoms with E-state index in [1.165, 1.54) is 18.5 Å². The van der Waals surface area contributed by atoms with Gasteiger partial charge in [0.25, 0.3) is 0 Å². The van der Waals surface area contributed by atoms with Crippen LogP contribution < -0.4 is 5.73 Å². The first-order chi connectivity index (χ1) is 7.59. The van der Waals surface area contributed by atoms with Gasteiger partial charge in [-0.1, -0.05) is 17.7 Å². The lowest BCUT2D eigenvalue weighted by molar-refractivity contribution is 0.509. The Morgan fingerprint density at radius 2 is 1.88 bits per heavy atom. The van der Waals surface area contributed by atoms with Gasteiger partial charge in [-0.25, -0.2) is 8.78 Å². The molecule has 0 aliphatic rings. The normalized spacial score (nSPS) is 10.4. The summed E-state index contributed by atoms with van der Waals surface area (Å²) in [6, 6.07) is 3.51. The van der Waals surface area contributed by atoms with Crippen LogP contribution in [0.25, 0.3) is 11.1 Å². The molecule has 0 bridgehead atoms. The quantitative estimate of drug-likeness (QED) is 0.831. The average Bonchev–Trinajstić information content (AvgIpc) is 2.26. The van der Waals surface area contributed by atoms with Gasteiger partial charge < -0.3 is 5.73 Å². The van der Waals surface area contributed by atoms with E-state index in [9.17, 15) is 8.78 Å². The first-order valence-corrected chi connectivity index (χ1v) is 4.82. The van der Waals surface area contributed by atoms with Gasteiger partial charge in [-0.2, -0.15) is 0 Å². The maximum atomic E-state index is 13.0. The van der Waals surface area contributed by atoms with Gasteiger partial charge in [-0.3, -0.25) is 4.98 Å². The molecule has 0 fully saturated rings. The topological polar surface area (TPSA) is 38.9 Å². The number of aromatic nitrogens is 1. The molecule has 0 saturated heterocycles. The van der Waals surface area contributed by atoms with Gasteiger partial charge in [0, 0.05) is 18.0 Å². The van der Waals surface area contributed by atoms with Crippen LogP contribution in [-0.2, 0) is 0 Å². The molecule has 82 valence electrons. The van der Waals surface area contributed by atoms with Crippen molar-refractivity contribution in [2.45, 2.75) is 0 Å². The predicted molar refractivity (Wildman–Crippen MR) is 59.0 cm³/mol. The summed E-state index contributed by atoms with van der Waals surface area (Å²) in [5.74, 6) is -1.84. The fraction of sp³-hybridized carbons (Fsp3) is 0. The van der Waals surface area contributed by atoms with Crippen molar-refractivity contribution in [2.75, 3.05) is 5.73 Å². The maximum absolute atomic E-state index is 13.0. The third-order valence-corrected chi connectivity index (χ3v) is 2.47. The molecule has 0 aliphatic heterocycles. The summed E-state index contributed by atoms with van der Waals surface area (Å²) >= 11 is 5.78. The van der Waals surface area contributed by atoms with Gasteiger partial charge in [0.15, 0.2) is 11.6 Å². The summed E-state index contributed by atoms with van der Waals surface area (Å²) in [5, 5.41) is 0.280. The summed E-state index contributed by atoms with van der Waals surface area (Å²) in [6.45, 7) is 0. The molecule has 2 nitrogen and oxygen atoms in total. The van der Waals surface area contributed by atoms with Gasteiger partial charge in [0.1, 0.15) is 0 Å². The van der Waals surface area contributed by atoms with Crippen LogP contribution in [0, 0.1) is 11.6 Å². The number of benzene rings is 1. The molecule has 0 spiro atoms. The van der Waals surface area contributed by atoms with Crippen LogP contribution in [0.3, 0.4) is 0 Å². The number of nitrogens with zero attached hydrogens (tertiary/aromatic N) is 1. The second kappa shape index (κ2) is 4.06. The lowest BCUT2D eigenvalue weighted by atomic mass is 10.1. The van der Waals surface area contributed by atoms with Crippen LogP contribution in [0.15, 0.2) is 30.6 Å². The molecule has 16 heavy (non-hydrogen) atoms. The SMILES string of the molecule is Nc1c(Cl)cncc1-c1ccc(F)c(F)c1. The highest BCUT2D eigenvalue weighted by Gasteiger charge is 2.09. The average molecular weight is 241 g/mol. The number of pyridine rings is 1. The van der Waals surface area contributed by atoms with Crippen LogP contribution >= 0.6 is 11.6 Å². The van der Waals surface area contributed by atoms with Crippen LogP contribution in [0.2, 0.25) is 5.02 Å². The monoisotopic (exact) mass is 240 g/mol. The molecule has 0 amide bonds. The van der Waals surface area contributed by atoms with Crippen molar-refractivity contribution in [1.29, 1.82) is 0 Å². The van der Waals surface area contributed by atoms with Crippen molar-refractivity contribution >= 4 is 17.3 Å². The molecule has 2 aromatic rings. The van der Waals surface area contributed by atoms with Crippen molar-refractivity contribution < 1.29 is 8.78 Å². The highest BCUT2D eigenvalue weighted by Crippen LogP contribution is 2.30. The molecule has 2 N–H and O–H groups in total. The molecule has 1 aromatic heterocycles. The lowest BCUT2D eigenvalue weighted by Crippen LogP contribution is -1.94. The van der Waals surface area contributed by atoms with Crippen molar-refractivity contribution in [3.63, 3.8) is 0 Å². The molecule has 5 heteroatoms. The van der Waals surface area contributed by atoms with Crippen LogP contribution in [0.4, 0.5) is 14.5 Å².